The van der Waals surface area contributed by atoms with Gasteiger partial charge in [0.25, 0.3) is 0 Å². The SMILES string of the molecule is C[N+](C)(C)COP(=O)(O)OCC(=O)O. The number of quaternary nitrogens is 1. The summed E-state index contributed by atoms with van der Waals surface area (Å²) in [6, 6.07) is 0. The predicted octanol–water partition coefficient (Wildman–Crippen LogP) is -0.132. The fraction of sp³-hybridized carbons (Fsp3) is 0.833. The molecule has 1 atom stereocenters. The van der Waals surface area contributed by atoms with Crippen LogP contribution in [0.5, 0.6) is 0 Å². The summed E-state index contributed by atoms with van der Waals surface area (Å²) >= 11 is 0. The molecule has 0 aromatic rings. The van der Waals surface area contributed by atoms with Crippen molar-refractivity contribution in [2.75, 3.05) is 34.5 Å². The van der Waals surface area contributed by atoms with Crippen molar-refractivity contribution in [1.29, 1.82) is 0 Å². The van der Waals surface area contributed by atoms with Gasteiger partial charge >= 0.3 is 13.8 Å². The Hall–Kier alpha value is -0.460. The molecule has 0 bridgehead atoms. The van der Waals surface area contributed by atoms with Gasteiger partial charge in [-0.3, -0.25) is 4.52 Å². The van der Waals surface area contributed by atoms with Gasteiger partial charge < -0.3 is 14.5 Å². The van der Waals surface area contributed by atoms with Gasteiger partial charge in [0.1, 0.15) is 0 Å². The van der Waals surface area contributed by atoms with Crippen LogP contribution in [0.4, 0.5) is 0 Å². The van der Waals surface area contributed by atoms with Crippen molar-refractivity contribution in [2.24, 2.45) is 0 Å². The third-order valence-electron chi connectivity index (χ3n) is 0.959. The minimum atomic E-state index is -4.24. The highest BCUT2D eigenvalue weighted by molar-refractivity contribution is 7.47. The topological polar surface area (TPSA) is 93.1 Å². The van der Waals surface area contributed by atoms with Crippen LogP contribution < -0.4 is 0 Å². The highest BCUT2D eigenvalue weighted by Crippen LogP contribution is 2.43. The molecule has 0 aromatic heterocycles. The molecule has 0 aliphatic carbocycles. The van der Waals surface area contributed by atoms with Crippen molar-refractivity contribution in [3.8, 4) is 0 Å². The molecular weight excluding hydrogens is 213 g/mol. The fourth-order valence-electron chi connectivity index (χ4n) is 0.420. The Bertz CT molecular complexity index is 247. The Balaban J connectivity index is 3.96. The number of hydrogen-bond donors (Lipinski definition) is 2. The van der Waals surface area contributed by atoms with Crippen LogP contribution in [-0.4, -0.2) is 54.9 Å². The zero-order valence-corrected chi connectivity index (χ0v) is 9.23. The van der Waals surface area contributed by atoms with E-state index in [9.17, 15) is 9.36 Å². The Morgan fingerprint density at radius 2 is 1.86 bits per heavy atom. The Morgan fingerprint density at radius 3 is 2.21 bits per heavy atom. The average molecular weight is 228 g/mol. The molecule has 84 valence electrons. The maximum absolute atomic E-state index is 11.0. The molecule has 7 nitrogen and oxygen atoms in total. The van der Waals surface area contributed by atoms with Gasteiger partial charge in [-0.05, 0) is 0 Å². The van der Waals surface area contributed by atoms with Crippen LogP contribution >= 0.6 is 7.82 Å². The van der Waals surface area contributed by atoms with Crippen LogP contribution in [0.2, 0.25) is 0 Å². The van der Waals surface area contributed by atoms with E-state index in [0.717, 1.165) is 0 Å². The molecule has 0 aliphatic rings. The van der Waals surface area contributed by atoms with Crippen LogP contribution in [-0.2, 0) is 18.4 Å². The molecule has 0 radical (unpaired) electrons. The maximum Gasteiger partial charge on any atom is 0.477 e. The Morgan fingerprint density at radius 1 is 1.36 bits per heavy atom. The molecule has 0 rings (SSSR count). The third-order valence-corrected chi connectivity index (χ3v) is 1.86. The number of carboxylic acid groups (broad SMARTS) is 1. The molecule has 8 heteroatoms. The lowest BCUT2D eigenvalue weighted by Crippen LogP contribution is -2.36. The smallest absolute Gasteiger partial charge is 0.477 e. The number of phosphoric ester groups is 1. The molecule has 0 amide bonds. The van der Waals surface area contributed by atoms with Crippen molar-refractivity contribution < 1.29 is 32.9 Å². The van der Waals surface area contributed by atoms with Crippen LogP contribution in [0.15, 0.2) is 0 Å². The first-order valence-electron chi connectivity index (χ1n) is 3.76. The molecule has 0 fully saturated rings. The van der Waals surface area contributed by atoms with Gasteiger partial charge in [0, 0.05) is 0 Å². The Labute approximate surface area is 82.1 Å². The van der Waals surface area contributed by atoms with Crippen molar-refractivity contribution >= 4 is 13.8 Å². The zero-order chi connectivity index (χ0) is 11.4. The number of rotatable bonds is 6. The fourth-order valence-corrected chi connectivity index (χ4v) is 1.26. The second-order valence-corrected chi connectivity index (χ2v) is 5.14. The molecule has 0 saturated carbocycles. The number of phosphoric acid groups is 1. The quantitative estimate of drug-likeness (QED) is 0.373. The van der Waals surface area contributed by atoms with E-state index in [4.69, 9.17) is 10.00 Å². The largest absolute Gasteiger partial charge is 0.480 e. The predicted molar refractivity (Wildman–Crippen MR) is 47.4 cm³/mol. The van der Waals surface area contributed by atoms with Gasteiger partial charge in [-0.25, -0.2) is 13.9 Å². The number of carbonyl (C=O) groups is 1. The highest BCUT2D eigenvalue weighted by Gasteiger charge is 2.25. The molecule has 2 N–H and O–H groups in total. The van der Waals surface area contributed by atoms with Gasteiger partial charge in [-0.15, -0.1) is 0 Å². The lowest BCUT2D eigenvalue weighted by molar-refractivity contribution is -0.887. The summed E-state index contributed by atoms with van der Waals surface area (Å²) in [4.78, 5) is 19.0. The van der Waals surface area contributed by atoms with E-state index in [-0.39, 0.29) is 6.73 Å². The maximum atomic E-state index is 11.0. The summed E-state index contributed by atoms with van der Waals surface area (Å²) in [6.45, 7) is -0.904. The molecule has 0 aliphatic heterocycles. The van der Waals surface area contributed by atoms with Crippen molar-refractivity contribution in [3.63, 3.8) is 0 Å². The van der Waals surface area contributed by atoms with E-state index in [1.54, 1.807) is 21.1 Å². The number of aliphatic carboxylic acids is 1. The van der Waals surface area contributed by atoms with Crippen molar-refractivity contribution in [2.45, 2.75) is 0 Å². The normalized spacial score (nSPS) is 16.3. The lowest BCUT2D eigenvalue weighted by Gasteiger charge is -2.24. The molecule has 0 saturated heterocycles. The standard InChI is InChI=1S/C6H14NO6P/c1-7(2,3)5-13-14(10,11)12-4-6(8)9/h4-5H2,1-3H3,(H-,8,9,10,11)/p+1. The summed E-state index contributed by atoms with van der Waals surface area (Å²) in [5, 5.41) is 8.19. The minimum Gasteiger partial charge on any atom is -0.480 e. The third kappa shape index (κ3) is 8.15. The summed E-state index contributed by atoms with van der Waals surface area (Å²) in [5.74, 6) is -1.33. The summed E-state index contributed by atoms with van der Waals surface area (Å²) < 4.78 is 20.0. The molecule has 0 heterocycles. The number of nitrogens with zero attached hydrogens (tertiary/aromatic N) is 1. The van der Waals surface area contributed by atoms with Gasteiger partial charge in [0.2, 0.25) is 0 Å². The van der Waals surface area contributed by atoms with Crippen LogP contribution in [0, 0.1) is 0 Å². The van der Waals surface area contributed by atoms with Crippen LogP contribution in [0.1, 0.15) is 0 Å². The van der Waals surface area contributed by atoms with Crippen molar-refractivity contribution in [3.05, 3.63) is 0 Å². The first kappa shape index (κ1) is 13.5. The summed E-state index contributed by atoms with van der Waals surface area (Å²) in [7, 11) is 1.00. The first-order valence-corrected chi connectivity index (χ1v) is 5.26. The number of hydrogen-bond acceptors (Lipinski definition) is 4. The van der Waals surface area contributed by atoms with E-state index < -0.39 is 20.4 Å². The van der Waals surface area contributed by atoms with Gasteiger partial charge in [-0.2, -0.15) is 0 Å². The molecule has 14 heavy (non-hydrogen) atoms. The van der Waals surface area contributed by atoms with Gasteiger partial charge in [0.05, 0.1) is 21.1 Å². The zero-order valence-electron chi connectivity index (χ0n) is 8.34. The minimum absolute atomic E-state index is 0.0482. The highest BCUT2D eigenvalue weighted by atomic mass is 31.2. The van der Waals surface area contributed by atoms with Gasteiger partial charge in [0.15, 0.2) is 13.3 Å². The van der Waals surface area contributed by atoms with E-state index in [0.29, 0.717) is 4.48 Å². The van der Waals surface area contributed by atoms with Crippen molar-refractivity contribution in [1.82, 2.24) is 0 Å². The number of carboxylic acids is 1. The van der Waals surface area contributed by atoms with E-state index in [1.165, 1.54) is 0 Å². The van der Waals surface area contributed by atoms with E-state index >= 15 is 0 Å². The second kappa shape index (κ2) is 4.86. The molecule has 1 unspecified atom stereocenters. The van der Waals surface area contributed by atoms with E-state index in [1.807, 2.05) is 0 Å². The monoisotopic (exact) mass is 228 g/mol. The van der Waals surface area contributed by atoms with Gasteiger partial charge in [-0.1, -0.05) is 0 Å². The molecular formula is C6H15NO6P+. The molecule has 0 spiro atoms. The van der Waals surface area contributed by atoms with Crippen LogP contribution in [0.3, 0.4) is 0 Å². The van der Waals surface area contributed by atoms with Crippen LogP contribution in [0.25, 0.3) is 0 Å². The molecule has 0 aromatic carbocycles. The first-order chi connectivity index (χ1) is 6.12. The Kier molecular flexibility index (Phi) is 4.70. The average Bonchev–Trinajstić information content (AvgIpc) is 1.97. The van der Waals surface area contributed by atoms with E-state index in [2.05, 4.69) is 9.05 Å². The summed E-state index contributed by atoms with van der Waals surface area (Å²) in [6.07, 6.45) is 0. The second-order valence-electron chi connectivity index (χ2n) is 3.68. The lowest BCUT2D eigenvalue weighted by atomic mass is 10.7. The summed E-state index contributed by atoms with van der Waals surface area (Å²) in [5.41, 5.74) is 0.